The highest BCUT2D eigenvalue weighted by Gasteiger charge is 2.76. The smallest absolute Gasteiger partial charge is 0.174 e. The maximum atomic E-state index is 12.9. The zero-order valence-electron chi connectivity index (χ0n) is 15.9. The number of nitrogens with zero attached hydrogens (tertiary/aromatic N) is 1. The van der Waals surface area contributed by atoms with Gasteiger partial charge in [0, 0.05) is 36.3 Å². The Hall–Kier alpha value is -1.43. The number of ketones is 1. The molecule has 5 nitrogen and oxygen atoms in total. The van der Waals surface area contributed by atoms with Gasteiger partial charge in [-0.3, -0.25) is 4.79 Å². The normalized spacial score (nSPS) is 44.0. The monoisotopic (exact) mass is 370 g/mol. The van der Waals surface area contributed by atoms with Crippen LogP contribution in [-0.4, -0.2) is 58.4 Å². The Balaban J connectivity index is 1.59. The summed E-state index contributed by atoms with van der Waals surface area (Å²) in [6.07, 6.45) is 4.59. The molecule has 5 heteroatoms. The van der Waals surface area contributed by atoms with E-state index in [-0.39, 0.29) is 18.4 Å². The molecule has 5 unspecified atom stereocenters. The third-order valence-corrected chi connectivity index (χ3v) is 8.55. The average Bonchev–Trinajstić information content (AvgIpc) is 3.37. The Morgan fingerprint density at radius 2 is 2.11 bits per heavy atom. The number of quaternary nitrogens is 1. The summed E-state index contributed by atoms with van der Waals surface area (Å²) >= 11 is 0. The summed E-state index contributed by atoms with van der Waals surface area (Å²) in [5.41, 5.74) is 1.48. The lowest BCUT2D eigenvalue weighted by molar-refractivity contribution is -0.950. The highest BCUT2D eigenvalue weighted by molar-refractivity contribution is 5.89. The van der Waals surface area contributed by atoms with E-state index >= 15 is 0 Å². The van der Waals surface area contributed by atoms with Crippen LogP contribution in [0, 0.1) is 5.92 Å². The molecular formula is C22H28NO4+. The van der Waals surface area contributed by atoms with Crippen LogP contribution in [0.5, 0.6) is 5.75 Å². The van der Waals surface area contributed by atoms with Gasteiger partial charge in [0.15, 0.2) is 11.9 Å². The number of piperidine rings is 1. The minimum atomic E-state index is -0.903. The molecule has 2 saturated carbocycles. The van der Waals surface area contributed by atoms with Gasteiger partial charge in [-0.05, 0) is 24.8 Å². The molecule has 1 aromatic carbocycles. The zero-order valence-corrected chi connectivity index (χ0v) is 15.9. The summed E-state index contributed by atoms with van der Waals surface area (Å²) in [6, 6.07) is 4.17. The van der Waals surface area contributed by atoms with Crippen LogP contribution in [0.25, 0.3) is 0 Å². The number of Topliss-reactive ketones (excluding diaryl/α,β-unsaturated/α-hetero) is 1. The van der Waals surface area contributed by atoms with E-state index in [2.05, 4.69) is 13.1 Å². The molecular weight excluding hydrogens is 342 g/mol. The van der Waals surface area contributed by atoms with Crippen LogP contribution in [0.4, 0.5) is 0 Å². The van der Waals surface area contributed by atoms with Crippen molar-refractivity contribution in [2.24, 2.45) is 5.92 Å². The Bertz CT molecular complexity index is 864. The summed E-state index contributed by atoms with van der Waals surface area (Å²) in [5.74, 6) is 1.59. The zero-order chi connectivity index (χ0) is 18.6. The van der Waals surface area contributed by atoms with E-state index in [4.69, 9.17) is 4.74 Å². The second-order valence-electron chi connectivity index (χ2n) is 9.90. The van der Waals surface area contributed by atoms with Crippen LogP contribution < -0.4 is 4.74 Å². The molecule has 0 amide bonds. The van der Waals surface area contributed by atoms with Gasteiger partial charge < -0.3 is 19.4 Å². The van der Waals surface area contributed by atoms with Crippen molar-refractivity contribution < 1.29 is 24.2 Å². The Morgan fingerprint density at radius 3 is 2.85 bits per heavy atom. The number of carbonyl (C=O) groups excluding carboxylic acids is 1. The SMILES string of the molecule is C[N+]1(CC2CC2)CCC23c4c5ccc(CO)c4OC2C(=O)CCC3(O)C1C5. The molecule has 2 bridgehead atoms. The quantitative estimate of drug-likeness (QED) is 0.791. The number of likely N-dealkylation sites (tertiary alicyclic amines) is 1. The van der Waals surface area contributed by atoms with E-state index in [0.717, 1.165) is 47.5 Å². The van der Waals surface area contributed by atoms with Crippen molar-refractivity contribution in [1.82, 2.24) is 0 Å². The van der Waals surface area contributed by atoms with Crippen molar-refractivity contribution in [2.75, 3.05) is 20.1 Å². The molecule has 3 fully saturated rings. The predicted octanol–water partition coefficient (Wildman–Crippen LogP) is 1.46. The first-order valence-electron chi connectivity index (χ1n) is 10.4. The van der Waals surface area contributed by atoms with Gasteiger partial charge in [-0.1, -0.05) is 12.1 Å². The number of carbonyl (C=O) groups is 1. The van der Waals surface area contributed by atoms with Crippen LogP contribution in [0.3, 0.4) is 0 Å². The first-order valence-corrected chi connectivity index (χ1v) is 10.4. The fraction of sp³-hybridized carbons (Fsp3) is 0.682. The van der Waals surface area contributed by atoms with Crippen LogP contribution in [0.1, 0.15) is 48.8 Å². The molecule has 0 aromatic heterocycles. The number of benzene rings is 1. The van der Waals surface area contributed by atoms with Gasteiger partial charge in [-0.25, -0.2) is 0 Å². The van der Waals surface area contributed by atoms with Crippen molar-refractivity contribution in [2.45, 2.75) is 68.3 Å². The summed E-state index contributed by atoms with van der Waals surface area (Å²) in [6.45, 7) is 2.02. The van der Waals surface area contributed by atoms with Crippen molar-refractivity contribution in [3.63, 3.8) is 0 Å². The third-order valence-electron chi connectivity index (χ3n) is 8.55. The average molecular weight is 370 g/mol. The minimum Gasteiger partial charge on any atom is -0.481 e. The van der Waals surface area contributed by atoms with Crippen LogP contribution in [0.15, 0.2) is 12.1 Å². The molecule has 0 radical (unpaired) electrons. The topological polar surface area (TPSA) is 66.8 Å². The summed E-state index contributed by atoms with van der Waals surface area (Å²) in [4.78, 5) is 12.9. The van der Waals surface area contributed by atoms with Gasteiger partial charge in [0.25, 0.3) is 0 Å². The second kappa shape index (κ2) is 4.94. The molecule has 5 aliphatic rings. The standard InChI is InChI=1S/C22H28NO4/c1-23(11-13-2-3-13)9-8-21-18-14-4-5-15(12-24)19(18)27-20(21)16(25)6-7-22(21,26)17(23)10-14/h4-5,13,17,20,24,26H,2-3,6-12H2,1H3/q+1. The van der Waals surface area contributed by atoms with Gasteiger partial charge in [-0.15, -0.1) is 0 Å². The van der Waals surface area contributed by atoms with Gasteiger partial charge in [-0.2, -0.15) is 0 Å². The fourth-order valence-corrected chi connectivity index (χ4v) is 7.13. The molecule has 2 N–H and O–H groups in total. The Morgan fingerprint density at radius 1 is 1.30 bits per heavy atom. The highest BCUT2D eigenvalue weighted by atomic mass is 16.5. The summed E-state index contributed by atoms with van der Waals surface area (Å²) < 4.78 is 7.18. The number of aliphatic hydroxyl groups excluding tert-OH is 1. The lowest BCUT2D eigenvalue weighted by atomic mass is 9.48. The van der Waals surface area contributed by atoms with Crippen LogP contribution in [-0.2, 0) is 23.2 Å². The van der Waals surface area contributed by atoms with Gasteiger partial charge in [0.1, 0.15) is 17.4 Å². The number of ether oxygens (including phenoxy) is 1. The third kappa shape index (κ3) is 1.79. The van der Waals surface area contributed by atoms with E-state index in [1.807, 2.05) is 6.07 Å². The van der Waals surface area contributed by atoms with Crippen molar-refractivity contribution in [1.29, 1.82) is 0 Å². The first kappa shape index (κ1) is 16.5. The fourth-order valence-electron chi connectivity index (χ4n) is 7.13. The minimum absolute atomic E-state index is 0.100. The molecule has 2 heterocycles. The van der Waals surface area contributed by atoms with E-state index in [1.165, 1.54) is 18.4 Å². The first-order chi connectivity index (χ1) is 12.9. The summed E-state index contributed by atoms with van der Waals surface area (Å²) in [5, 5.41) is 22.1. The molecule has 5 atom stereocenters. The molecule has 1 spiro atoms. The molecule has 27 heavy (non-hydrogen) atoms. The predicted molar refractivity (Wildman–Crippen MR) is 98.4 cm³/mol. The molecule has 2 aliphatic heterocycles. The van der Waals surface area contributed by atoms with E-state index in [9.17, 15) is 15.0 Å². The highest BCUT2D eigenvalue weighted by Crippen LogP contribution is 2.65. The van der Waals surface area contributed by atoms with Crippen molar-refractivity contribution >= 4 is 5.78 Å². The van der Waals surface area contributed by atoms with Gasteiger partial charge in [0.2, 0.25) is 0 Å². The van der Waals surface area contributed by atoms with Crippen LogP contribution >= 0.6 is 0 Å². The number of hydrogen-bond acceptors (Lipinski definition) is 4. The number of rotatable bonds is 3. The Kier molecular flexibility index (Phi) is 3.02. The largest absolute Gasteiger partial charge is 0.481 e. The van der Waals surface area contributed by atoms with Crippen molar-refractivity contribution in [3.05, 3.63) is 28.8 Å². The van der Waals surface area contributed by atoms with E-state index in [0.29, 0.717) is 18.6 Å². The Labute approximate surface area is 159 Å². The lowest BCUT2D eigenvalue weighted by Gasteiger charge is -2.64. The van der Waals surface area contributed by atoms with E-state index < -0.39 is 17.1 Å². The molecule has 3 aliphatic carbocycles. The maximum absolute atomic E-state index is 12.9. The molecule has 144 valence electrons. The van der Waals surface area contributed by atoms with Crippen LogP contribution in [0.2, 0.25) is 0 Å². The molecule has 1 saturated heterocycles. The summed E-state index contributed by atoms with van der Waals surface area (Å²) in [7, 11) is 2.32. The van der Waals surface area contributed by atoms with Crippen molar-refractivity contribution in [3.8, 4) is 5.75 Å². The molecule has 1 aromatic rings. The van der Waals surface area contributed by atoms with E-state index in [1.54, 1.807) is 0 Å². The van der Waals surface area contributed by atoms with Gasteiger partial charge >= 0.3 is 0 Å². The molecule has 6 rings (SSSR count). The number of aliphatic hydroxyl groups is 2. The number of hydrogen-bond donors (Lipinski definition) is 2. The number of likely N-dealkylation sites (N-methyl/N-ethyl adjacent to an activating group) is 1. The lowest BCUT2D eigenvalue weighted by Crippen LogP contribution is -2.80. The maximum Gasteiger partial charge on any atom is 0.174 e. The van der Waals surface area contributed by atoms with Gasteiger partial charge in [0.05, 0.1) is 32.2 Å². The second-order valence-corrected chi connectivity index (χ2v) is 9.90.